The first-order valence-electron chi connectivity index (χ1n) is 12.2. The van der Waals surface area contributed by atoms with E-state index in [-0.39, 0.29) is 52.0 Å². The summed E-state index contributed by atoms with van der Waals surface area (Å²) in [5, 5.41) is 51.3. The molecule has 4 aromatic carbocycles. The van der Waals surface area contributed by atoms with E-state index in [2.05, 4.69) is 15.9 Å². The fourth-order valence-corrected chi connectivity index (χ4v) is 3.58. The Balaban J connectivity index is 0.000000259. The molecule has 0 spiro atoms. The van der Waals surface area contributed by atoms with Crippen LogP contribution in [0.4, 0.5) is 22.7 Å². The standard InChI is InChI=1S/C14H10N2O6.C7H6BrNO2.C7H5NO4/c17-8-11-7-13(16(20)21)5-6-14(11)22-9-10-1-3-12(4-2-10)15(18)19;8-5-6-1-3-7(4-2-6)9(10)11;9-4-5-3-6(8(11)12)1-2-7(5)10/h1-8H,9H2;1-4H,5H2;1-4,10H. The van der Waals surface area contributed by atoms with Crippen LogP contribution in [0.15, 0.2) is 84.9 Å². The van der Waals surface area contributed by atoms with Gasteiger partial charge in [-0.15, -0.1) is 0 Å². The minimum Gasteiger partial charge on any atom is -0.507 e. The minimum absolute atomic E-state index is 0.0346. The van der Waals surface area contributed by atoms with Crippen LogP contribution in [-0.2, 0) is 11.9 Å². The summed E-state index contributed by atoms with van der Waals surface area (Å²) in [7, 11) is 0. The van der Waals surface area contributed by atoms with Crippen LogP contribution >= 0.6 is 15.9 Å². The van der Waals surface area contributed by atoms with Crippen molar-refractivity contribution in [3.05, 3.63) is 148 Å². The predicted molar refractivity (Wildman–Crippen MR) is 162 cm³/mol. The Morgan fingerprint density at radius 3 is 1.42 bits per heavy atom. The molecule has 0 heterocycles. The molecule has 4 rings (SSSR count). The monoisotopic (exact) mass is 684 g/mol. The molecule has 0 aliphatic rings. The van der Waals surface area contributed by atoms with Gasteiger partial charge in [-0.2, -0.15) is 0 Å². The number of hydrogen-bond acceptors (Lipinski definition) is 12. The molecule has 0 radical (unpaired) electrons. The highest BCUT2D eigenvalue weighted by molar-refractivity contribution is 9.08. The summed E-state index contributed by atoms with van der Waals surface area (Å²) in [6.45, 7) is 0.0800. The molecule has 17 heteroatoms. The fourth-order valence-electron chi connectivity index (χ4n) is 3.20. The van der Waals surface area contributed by atoms with Crippen molar-refractivity contribution >= 4 is 51.3 Å². The van der Waals surface area contributed by atoms with Gasteiger partial charge in [0.1, 0.15) is 18.1 Å². The largest absolute Gasteiger partial charge is 0.507 e. The highest BCUT2D eigenvalue weighted by Gasteiger charge is 2.12. The summed E-state index contributed by atoms with van der Waals surface area (Å²) in [6.07, 6.45) is 0.834. The van der Waals surface area contributed by atoms with Crippen molar-refractivity contribution < 1.29 is 39.1 Å². The summed E-state index contributed by atoms with van der Waals surface area (Å²) < 4.78 is 5.43. The van der Waals surface area contributed by atoms with Crippen molar-refractivity contribution in [2.24, 2.45) is 0 Å². The number of nitro benzene ring substituents is 4. The number of alkyl halides is 1. The quantitative estimate of drug-likeness (QED) is 0.0815. The van der Waals surface area contributed by atoms with Gasteiger partial charge in [0.05, 0.1) is 30.8 Å². The molecule has 1 N–H and O–H groups in total. The Morgan fingerprint density at radius 2 is 1.00 bits per heavy atom. The molecule has 45 heavy (non-hydrogen) atoms. The zero-order valence-electron chi connectivity index (χ0n) is 22.8. The van der Waals surface area contributed by atoms with Gasteiger partial charge < -0.3 is 9.84 Å². The lowest BCUT2D eigenvalue weighted by atomic mass is 10.2. The van der Waals surface area contributed by atoms with E-state index in [1.54, 1.807) is 12.1 Å². The van der Waals surface area contributed by atoms with Crippen molar-refractivity contribution in [2.45, 2.75) is 11.9 Å². The van der Waals surface area contributed by atoms with E-state index in [0.717, 1.165) is 35.2 Å². The molecule has 0 saturated heterocycles. The summed E-state index contributed by atoms with van der Waals surface area (Å²) in [5.41, 5.74) is 1.37. The van der Waals surface area contributed by atoms with E-state index >= 15 is 0 Å². The lowest BCUT2D eigenvalue weighted by Crippen LogP contribution is -1.99. The number of hydrogen-bond donors (Lipinski definition) is 1. The molecule has 0 aliphatic carbocycles. The lowest BCUT2D eigenvalue weighted by molar-refractivity contribution is -0.385. The van der Waals surface area contributed by atoms with Gasteiger partial charge in [0.2, 0.25) is 0 Å². The Labute approximate surface area is 261 Å². The number of phenols is 1. The number of nitro groups is 4. The Hall–Kier alpha value is -6.10. The van der Waals surface area contributed by atoms with Crippen LogP contribution < -0.4 is 4.74 Å². The fraction of sp³-hybridized carbons (Fsp3) is 0.0714. The number of ether oxygens (including phenoxy) is 1. The van der Waals surface area contributed by atoms with Crippen LogP contribution in [0.3, 0.4) is 0 Å². The molecule has 0 atom stereocenters. The number of carbonyl (C=O) groups excluding carboxylic acids is 2. The summed E-state index contributed by atoms with van der Waals surface area (Å²) in [4.78, 5) is 60.6. The second kappa shape index (κ2) is 17.1. The van der Waals surface area contributed by atoms with E-state index < -0.39 is 19.7 Å². The number of halogens is 1. The molecule has 0 amide bonds. The molecule has 0 fully saturated rings. The molecule has 4 aromatic rings. The maximum atomic E-state index is 11.0. The predicted octanol–water partition coefficient (Wildman–Crippen LogP) is 6.50. The van der Waals surface area contributed by atoms with Crippen molar-refractivity contribution in [1.82, 2.24) is 0 Å². The normalized spacial score (nSPS) is 9.71. The number of nitrogens with zero attached hydrogens (tertiary/aromatic N) is 4. The Bertz CT molecular complexity index is 1700. The topological polar surface area (TPSA) is 236 Å². The molecular formula is C28H21BrN4O12. The summed E-state index contributed by atoms with van der Waals surface area (Å²) in [5.74, 6) is -0.0467. The van der Waals surface area contributed by atoms with E-state index in [9.17, 15) is 50.0 Å². The van der Waals surface area contributed by atoms with Gasteiger partial charge in [0, 0.05) is 53.9 Å². The maximum Gasteiger partial charge on any atom is 0.270 e. The number of phenolic OH excluding ortho intramolecular Hbond substituents is 1. The third-order valence-corrected chi connectivity index (χ3v) is 6.17. The third kappa shape index (κ3) is 10.9. The SMILES string of the molecule is O=Cc1cc([N+](=O)[O-])ccc1O.O=Cc1cc([N+](=O)[O-])ccc1OCc1ccc([N+](=O)[O-])cc1.O=[N+]([O-])c1ccc(CBr)cc1. The van der Waals surface area contributed by atoms with Crippen molar-refractivity contribution in [1.29, 1.82) is 0 Å². The van der Waals surface area contributed by atoms with Crippen LogP contribution in [0.25, 0.3) is 0 Å². The first-order valence-corrected chi connectivity index (χ1v) is 13.3. The van der Waals surface area contributed by atoms with E-state index in [0.29, 0.717) is 18.1 Å². The number of aldehydes is 2. The second-order valence-electron chi connectivity index (χ2n) is 8.48. The second-order valence-corrected chi connectivity index (χ2v) is 9.05. The minimum atomic E-state index is -0.633. The van der Waals surface area contributed by atoms with Gasteiger partial charge in [-0.25, -0.2) is 0 Å². The van der Waals surface area contributed by atoms with Crippen LogP contribution in [0, 0.1) is 40.5 Å². The maximum absolute atomic E-state index is 11.0. The highest BCUT2D eigenvalue weighted by Crippen LogP contribution is 2.24. The molecule has 232 valence electrons. The summed E-state index contributed by atoms with van der Waals surface area (Å²) >= 11 is 3.25. The van der Waals surface area contributed by atoms with Crippen molar-refractivity contribution in [2.75, 3.05) is 0 Å². The third-order valence-electron chi connectivity index (χ3n) is 5.52. The van der Waals surface area contributed by atoms with E-state index in [4.69, 9.17) is 9.84 Å². The number of aromatic hydroxyl groups is 1. The number of rotatable bonds is 10. The van der Waals surface area contributed by atoms with Gasteiger partial charge in [0.25, 0.3) is 22.7 Å². The molecular weight excluding hydrogens is 664 g/mol. The Kier molecular flexibility index (Phi) is 13.4. The molecule has 0 bridgehead atoms. The lowest BCUT2D eigenvalue weighted by Gasteiger charge is -2.08. The van der Waals surface area contributed by atoms with Crippen LogP contribution in [0.2, 0.25) is 0 Å². The first-order chi connectivity index (χ1) is 21.4. The smallest absolute Gasteiger partial charge is 0.270 e. The molecule has 0 aliphatic heterocycles. The van der Waals surface area contributed by atoms with Gasteiger partial charge >= 0.3 is 0 Å². The van der Waals surface area contributed by atoms with Crippen molar-refractivity contribution in [3.8, 4) is 11.5 Å². The molecule has 0 unspecified atom stereocenters. The average molecular weight is 685 g/mol. The van der Waals surface area contributed by atoms with E-state index in [1.807, 2.05) is 0 Å². The zero-order chi connectivity index (χ0) is 33.5. The molecule has 0 aromatic heterocycles. The van der Waals surface area contributed by atoms with Crippen LogP contribution in [0.1, 0.15) is 31.8 Å². The number of non-ortho nitro benzene ring substituents is 4. The van der Waals surface area contributed by atoms with Gasteiger partial charge in [-0.3, -0.25) is 50.0 Å². The summed E-state index contributed by atoms with van der Waals surface area (Å²) in [6, 6.07) is 19.2. The van der Waals surface area contributed by atoms with Gasteiger partial charge in [-0.05, 0) is 35.4 Å². The number of carbonyl (C=O) groups is 2. The van der Waals surface area contributed by atoms with Crippen LogP contribution in [0.5, 0.6) is 11.5 Å². The number of benzene rings is 4. The van der Waals surface area contributed by atoms with Crippen LogP contribution in [-0.4, -0.2) is 37.4 Å². The van der Waals surface area contributed by atoms with E-state index in [1.165, 1.54) is 48.5 Å². The molecule has 0 saturated carbocycles. The van der Waals surface area contributed by atoms with Gasteiger partial charge in [0.15, 0.2) is 12.6 Å². The first kappa shape index (κ1) is 35.1. The zero-order valence-corrected chi connectivity index (χ0v) is 24.3. The van der Waals surface area contributed by atoms with Gasteiger partial charge in [-0.1, -0.05) is 28.1 Å². The van der Waals surface area contributed by atoms with Crippen molar-refractivity contribution in [3.63, 3.8) is 0 Å². The Morgan fingerprint density at radius 1 is 0.600 bits per heavy atom. The highest BCUT2D eigenvalue weighted by atomic mass is 79.9. The average Bonchev–Trinajstić information content (AvgIpc) is 3.04. The molecule has 16 nitrogen and oxygen atoms in total.